The van der Waals surface area contributed by atoms with Crippen LogP contribution in [0.15, 0.2) is 24.4 Å². The molecular weight excluding hydrogens is 230 g/mol. The molecule has 6 heteroatoms. The summed E-state index contributed by atoms with van der Waals surface area (Å²) >= 11 is 0. The number of carbonyl (C=O) groups excluding carboxylic acids is 1. The molecule has 2 aromatic heterocycles. The van der Waals surface area contributed by atoms with E-state index in [-0.39, 0.29) is 5.91 Å². The van der Waals surface area contributed by atoms with E-state index in [2.05, 4.69) is 15.5 Å². The van der Waals surface area contributed by atoms with Crippen molar-refractivity contribution in [3.05, 3.63) is 30.2 Å². The molecule has 1 fully saturated rings. The Hall–Kier alpha value is -1.95. The maximum atomic E-state index is 11.9. The van der Waals surface area contributed by atoms with Gasteiger partial charge in [-0.25, -0.2) is 0 Å². The largest absolute Gasteiger partial charge is 0.347 e. The normalized spacial score (nSPS) is 17.4. The van der Waals surface area contributed by atoms with Crippen LogP contribution < -0.4 is 11.1 Å². The van der Waals surface area contributed by atoms with Crippen molar-refractivity contribution in [3.8, 4) is 0 Å². The zero-order chi connectivity index (χ0) is 12.6. The molecule has 0 aromatic carbocycles. The Morgan fingerprint density at radius 3 is 3.00 bits per heavy atom. The summed E-state index contributed by atoms with van der Waals surface area (Å²) < 4.78 is 1.85. The van der Waals surface area contributed by atoms with Gasteiger partial charge < -0.3 is 11.1 Å². The lowest BCUT2D eigenvalue weighted by atomic mass is 9.77. The Labute approximate surface area is 104 Å². The molecule has 1 aliphatic rings. The number of nitrogens with one attached hydrogen (secondary N) is 1. The highest BCUT2D eigenvalue weighted by molar-refractivity contribution is 5.86. The molecule has 3 N–H and O–H groups in total. The summed E-state index contributed by atoms with van der Waals surface area (Å²) in [7, 11) is 0. The smallest absolute Gasteiger partial charge is 0.240 e. The Bertz CT molecular complexity index is 587. The number of nitrogens with two attached hydrogens (primary N) is 1. The molecule has 0 atom stereocenters. The van der Waals surface area contributed by atoms with Gasteiger partial charge in [-0.15, -0.1) is 10.2 Å². The average molecular weight is 245 g/mol. The van der Waals surface area contributed by atoms with Crippen LogP contribution >= 0.6 is 0 Å². The van der Waals surface area contributed by atoms with Crippen LogP contribution in [-0.4, -0.2) is 26.0 Å². The highest BCUT2D eigenvalue weighted by atomic mass is 16.2. The molecule has 0 bridgehead atoms. The van der Waals surface area contributed by atoms with E-state index in [1.807, 2.05) is 28.8 Å². The molecule has 0 radical (unpaired) electrons. The highest BCUT2D eigenvalue weighted by Gasteiger charge is 2.39. The molecular formula is C12H15N5O. The first-order valence-corrected chi connectivity index (χ1v) is 6.05. The van der Waals surface area contributed by atoms with Crippen molar-refractivity contribution in [2.45, 2.75) is 31.3 Å². The Morgan fingerprint density at radius 1 is 1.44 bits per heavy atom. The molecule has 18 heavy (non-hydrogen) atoms. The molecule has 0 unspecified atom stereocenters. The number of hydrogen-bond acceptors (Lipinski definition) is 4. The van der Waals surface area contributed by atoms with Gasteiger partial charge >= 0.3 is 0 Å². The van der Waals surface area contributed by atoms with Crippen molar-refractivity contribution in [1.29, 1.82) is 0 Å². The Morgan fingerprint density at radius 2 is 2.28 bits per heavy atom. The van der Waals surface area contributed by atoms with E-state index in [4.69, 9.17) is 5.73 Å². The van der Waals surface area contributed by atoms with Gasteiger partial charge in [-0.2, -0.15) is 0 Å². The van der Waals surface area contributed by atoms with E-state index in [1.54, 1.807) is 0 Å². The minimum absolute atomic E-state index is 0.0959. The van der Waals surface area contributed by atoms with E-state index in [9.17, 15) is 4.79 Å². The van der Waals surface area contributed by atoms with Gasteiger partial charge in [-0.1, -0.05) is 6.07 Å². The van der Waals surface area contributed by atoms with E-state index in [0.29, 0.717) is 12.4 Å². The molecule has 2 aromatic rings. The fraction of sp³-hybridized carbons (Fsp3) is 0.417. The third kappa shape index (κ3) is 1.74. The first kappa shape index (κ1) is 11.2. The summed E-state index contributed by atoms with van der Waals surface area (Å²) in [4.78, 5) is 11.9. The molecule has 0 spiro atoms. The molecule has 1 saturated carbocycles. The predicted octanol–water partition coefficient (Wildman–Crippen LogP) is 0.227. The molecule has 94 valence electrons. The summed E-state index contributed by atoms with van der Waals surface area (Å²) in [5.74, 6) is 0.614. The minimum Gasteiger partial charge on any atom is -0.347 e. The number of fused-ring (bicyclic) bond motifs is 1. The lowest BCUT2D eigenvalue weighted by Gasteiger charge is -2.36. The van der Waals surface area contributed by atoms with Gasteiger partial charge in [0.1, 0.15) is 0 Å². The molecule has 1 aliphatic carbocycles. The van der Waals surface area contributed by atoms with Crippen LogP contribution in [0, 0.1) is 0 Å². The van der Waals surface area contributed by atoms with E-state index < -0.39 is 5.54 Å². The van der Waals surface area contributed by atoms with Crippen LogP contribution in [0.1, 0.15) is 25.1 Å². The number of hydrogen-bond donors (Lipinski definition) is 2. The molecule has 0 aliphatic heterocycles. The monoisotopic (exact) mass is 245 g/mol. The van der Waals surface area contributed by atoms with Crippen LogP contribution in [0.5, 0.6) is 0 Å². The zero-order valence-corrected chi connectivity index (χ0v) is 9.97. The topological polar surface area (TPSA) is 85.3 Å². The van der Waals surface area contributed by atoms with Crippen molar-refractivity contribution >= 4 is 11.6 Å². The lowest BCUT2D eigenvalue weighted by Crippen LogP contribution is -2.58. The molecule has 6 nitrogen and oxygen atoms in total. The van der Waals surface area contributed by atoms with Gasteiger partial charge in [0.2, 0.25) is 5.91 Å². The van der Waals surface area contributed by atoms with Gasteiger partial charge in [-0.3, -0.25) is 9.20 Å². The summed E-state index contributed by atoms with van der Waals surface area (Å²) in [5.41, 5.74) is 6.05. The van der Waals surface area contributed by atoms with Gasteiger partial charge in [0.25, 0.3) is 0 Å². The summed E-state index contributed by atoms with van der Waals surface area (Å²) in [5, 5.41) is 10.9. The van der Waals surface area contributed by atoms with Crippen LogP contribution in [0.4, 0.5) is 0 Å². The van der Waals surface area contributed by atoms with Crippen LogP contribution in [0.25, 0.3) is 5.65 Å². The van der Waals surface area contributed by atoms with Crippen molar-refractivity contribution in [2.24, 2.45) is 5.73 Å². The van der Waals surface area contributed by atoms with Crippen LogP contribution in [0.2, 0.25) is 0 Å². The van der Waals surface area contributed by atoms with Crippen molar-refractivity contribution in [1.82, 2.24) is 19.9 Å². The quantitative estimate of drug-likeness (QED) is 0.810. The standard InChI is InChI=1S/C12H15N5O/c13-12(5-3-6-12)11(18)14-8-10-16-15-9-4-1-2-7-17(9)10/h1-2,4,7H,3,5-6,8,13H2,(H,14,18). The van der Waals surface area contributed by atoms with Crippen molar-refractivity contribution in [3.63, 3.8) is 0 Å². The predicted molar refractivity (Wildman–Crippen MR) is 65.6 cm³/mol. The second-order valence-corrected chi connectivity index (χ2v) is 4.74. The van der Waals surface area contributed by atoms with Crippen LogP contribution in [0.3, 0.4) is 0 Å². The van der Waals surface area contributed by atoms with Gasteiger partial charge in [0.15, 0.2) is 11.5 Å². The highest BCUT2D eigenvalue weighted by Crippen LogP contribution is 2.29. The van der Waals surface area contributed by atoms with Gasteiger partial charge in [0, 0.05) is 6.20 Å². The molecule has 1 amide bonds. The number of amides is 1. The average Bonchev–Trinajstić information content (AvgIpc) is 2.76. The van der Waals surface area contributed by atoms with E-state index >= 15 is 0 Å². The number of aromatic nitrogens is 3. The van der Waals surface area contributed by atoms with Crippen molar-refractivity contribution in [2.75, 3.05) is 0 Å². The first-order chi connectivity index (χ1) is 8.69. The molecule has 3 rings (SSSR count). The maximum Gasteiger partial charge on any atom is 0.240 e. The Balaban J connectivity index is 1.71. The third-order valence-electron chi connectivity index (χ3n) is 3.49. The Kier molecular flexibility index (Phi) is 2.52. The fourth-order valence-corrected chi connectivity index (χ4v) is 2.13. The van der Waals surface area contributed by atoms with Crippen molar-refractivity contribution < 1.29 is 4.79 Å². The fourth-order valence-electron chi connectivity index (χ4n) is 2.13. The van der Waals surface area contributed by atoms with E-state index in [0.717, 1.165) is 24.9 Å². The number of rotatable bonds is 3. The zero-order valence-electron chi connectivity index (χ0n) is 9.97. The van der Waals surface area contributed by atoms with Crippen LogP contribution in [-0.2, 0) is 11.3 Å². The summed E-state index contributed by atoms with van der Waals surface area (Å²) in [6.45, 7) is 0.350. The van der Waals surface area contributed by atoms with E-state index in [1.165, 1.54) is 0 Å². The van der Waals surface area contributed by atoms with Gasteiger partial charge in [0.05, 0.1) is 12.1 Å². The number of nitrogens with zero attached hydrogens (tertiary/aromatic N) is 3. The molecule has 2 heterocycles. The maximum absolute atomic E-state index is 11.9. The second-order valence-electron chi connectivity index (χ2n) is 4.74. The minimum atomic E-state index is -0.666. The number of carbonyl (C=O) groups is 1. The number of pyridine rings is 1. The summed E-state index contributed by atoms with van der Waals surface area (Å²) in [6, 6.07) is 5.67. The SMILES string of the molecule is NC1(C(=O)NCc2nnc3ccccn23)CCC1. The lowest BCUT2D eigenvalue weighted by molar-refractivity contribution is -0.129. The second kappa shape index (κ2) is 4.06. The van der Waals surface area contributed by atoms with Gasteiger partial charge in [-0.05, 0) is 31.4 Å². The summed E-state index contributed by atoms with van der Waals surface area (Å²) in [6.07, 6.45) is 4.43. The third-order valence-corrected chi connectivity index (χ3v) is 3.49. The molecule has 0 saturated heterocycles. The first-order valence-electron chi connectivity index (χ1n) is 6.05.